The molecule has 0 radical (unpaired) electrons. The van der Waals surface area contributed by atoms with Gasteiger partial charge in [-0.15, -0.1) is 0 Å². The molecule has 0 saturated carbocycles. The van der Waals surface area contributed by atoms with Crippen molar-refractivity contribution >= 4 is 5.91 Å². The normalized spacial score (nSPS) is 11.8. The highest BCUT2D eigenvalue weighted by Gasteiger charge is 2.17. The zero-order valence-corrected chi connectivity index (χ0v) is 14.9. The van der Waals surface area contributed by atoms with Gasteiger partial charge in [0.1, 0.15) is 0 Å². The van der Waals surface area contributed by atoms with Crippen molar-refractivity contribution in [1.82, 2.24) is 5.32 Å². The highest BCUT2D eigenvalue weighted by molar-refractivity contribution is 5.76. The number of hydrogen-bond acceptors (Lipinski definition) is 1. The molecule has 2 nitrogen and oxygen atoms in total. The summed E-state index contributed by atoms with van der Waals surface area (Å²) >= 11 is 0. The molecule has 0 spiro atoms. The Bertz CT molecular complexity index is 256. The molecular formula is C18H37NO. The van der Waals surface area contributed by atoms with Gasteiger partial charge in [0.05, 0.1) is 0 Å². The number of carbonyl (C=O) groups excluding carboxylic acids is 1. The van der Waals surface area contributed by atoms with E-state index in [1.54, 1.807) is 0 Å². The predicted octanol–water partition coefficient (Wildman–Crippen LogP) is 5.34. The van der Waals surface area contributed by atoms with Crippen LogP contribution in [-0.2, 0) is 4.79 Å². The summed E-state index contributed by atoms with van der Waals surface area (Å²) in [6, 6.07) is 0.237. The van der Waals surface area contributed by atoms with Crippen LogP contribution in [-0.4, -0.2) is 11.9 Å². The molecule has 0 saturated heterocycles. The van der Waals surface area contributed by atoms with Crippen LogP contribution in [0, 0.1) is 11.8 Å². The Morgan fingerprint density at radius 1 is 1.10 bits per heavy atom. The van der Waals surface area contributed by atoms with Crippen molar-refractivity contribution in [3.8, 4) is 0 Å². The van der Waals surface area contributed by atoms with Gasteiger partial charge < -0.3 is 5.32 Å². The van der Waals surface area contributed by atoms with Crippen LogP contribution >= 0.6 is 0 Å². The second-order valence-corrected chi connectivity index (χ2v) is 6.07. The lowest BCUT2D eigenvalue weighted by atomic mass is 9.94. The third-order valence-electron chi connectivity index (χ3n) is 3.14. The van der Waals surface area contributed by atoms with Crippen molar-refractivity contribution in [3.05, 3.63) is 12.2 Å². The summed E-state index contributed by atoms with van der Waals surface area (Å²) in [5.74, 6) is 1.05. The minimum absolute atomic E-state index is 0.173. The highest BCUT2D eigenvalue weighted by atomic mass is 16.1. The summed E-state index contributed by atoms with van der Waals surface area (Å²) in [5.41, 5.74) is 1.26. The van der Waals surface area contributed by atoms with Crippen LogP contribution in [0.25, 0.3) is 0 Å². The Morgan fingerprint density at radius 3 is 2.05 bits per heavy atom. The molecule has 1 amide bonds. The topological polar surface area (TPSA) is 29.1 Å². The van der Waals surface area contributed by atoms with Crippen LogP contribution < -0.4 is 5.32 Å². The SMILES string of the molecule is C=C(CCCC)CC(NC(=O)CC(C)C)C(C)C.CC. The number of rotatable bonds is 9. The van der Waals surface area contributed by atoms with E-state index >= 15 is 0 Å². The molecule has 0 aromatic carbocycles. The monoisotopic (exact) mass is 283 g/mol. The first-order chi connectivity index (χ1) is 9.36. The largest absolute Gasteiger partial charge is 0.353 e. The Balaban J connectivity index is 0. The van der Waals surface area contributed by atoms with E-state index in [-0.39, 0.29) is 11.9 Å². The van der Waals surface area contributed by atoms with Crippen LogP contribution in [0.15, 0.2) is 12.2 Å². The summed E-state index contributed by atoms with van der Waals surface area (Å²) in [6.45, 7) is 18.8. The zero-order chi connectivity index (χ0) is 16.1. The molecule has 0 aromatic heterocycles. The number of hydrogen-bond donors (Lipinski definition) is 1. The first kappa shape index (κ1) is 21.5. The Morgan fingerprint density at radius 2 is 1.65 bits per heavy atom. The Hall–Kier alpha value is -0.790. The predicted molar refractivity (Wildman–Crippen MR) is 90.9 cm³/mol. The van der Waals surface area contributed by atoms with Crippen molar-refractivity contribution in [2.45, 2.75) is 86.6 Å². The maximum absolute atomic E-state index is 11.8. The fourth-order valence-corrected chi connectivity index (χ4v) is 1.93. The van der Waals surface area contributed by atoms with Crippen LogP contribution in [0.2, 0.25) is 0 Å². The van der Waals surface area contributed by atoms with E-state index in [0.29, 0.717) is 18.3 Å². The molecular weight excluding hydrogens is 246 g/mol. The molecule has 1 unspecified atom stereocenters. The van der Waals surface area contributed by atoms with Crippen molar-refractivity contribution in [3.63, 3.8) is 0 Å². The molecule has 20 heavy (non-hydrogen) atoms. The van der Waals surface area contributed by atoms with Crippen molar-refractivity contribution < 1.29 is 4.79 Å². The van der Waals surface area contributed by atoms with E-state index in [2.05, 4.69) is 46.5 Å². The molecule has 0 aromatic rings. The number of carbonyl (C=O) groups is 1. The van der Waals surface area contributed by atoms with Gasteiger partial charge in [-0.1, -0.05) is 67.0 Å². The minimum atomic E-state index is 0.173. The maximum atomic E-state index is 11.8. The molecule has 1 N–H and O–H groups in total. The summed E-state index contributed by atoms with van der Waals surface area (Å²) in [6.07, 6.45) is 5.01. The molecule has 2 heteroatoms. The van der Waals surface area contributed by atoms with Gasteiger partial charge >= 0.3 is 0 Å². The number of unbranched alkanes of at least 4 members (excludes halogenated alkanes) is 1. The van der Waals surface area contributed by atoms with Gasteiger partial charge in [-0.2, -0.15) is 0 Å². The van der Waals surface area contributed by atoms with Gasteiger partial charge in [0.25, 0.3) is 0 Å². The van der Waals surface area contributed by atoms with E-state index in [9.17, 15) is 4.79 Å². The van der Waals surface area contributed by atoms with E-state index < -0.39 is 0 Å². The van der Waals surface area contributed by atoms with Gasteiger partial charge in [0, 0.05) is 12.5 Å². The van der Waals surface area contributed by atoms with Gasteiger partial charge in [-0.3, -0.25) is 4.79 Å². The lowest BCUT2D eigenvalue weighted by molar-refractivity contribution is -0.122. The van der Waals surface area contributed by atoms with Crippen LogP contribution in [0.4, 0.5) is 0 Å². The smallest absolute Gasteiger partial charge is 0.220 e. The molecule has 0 aliphatic heterocycles. The molecule has 1 atom stereocenters. The second-order valence-electron chi connectivity index (χ2n) is 6.07. The standard InChI is InChI=1S/C16H31NO.C2H6/c1-7-8-9-14(6)11-15(13(4)5)17-16(18)10-12(2)3;1-2/h12-13,15H,6-11H2,1-5H3,(H,17,18);1-2H3. The number of amides is 1. The lowest BCUT2D eigenvalue weighted by Crippen LogP contribution is -2.39. The van der Waals surface area contributed by atoms with E-state index in [4.69, 9.17) is 0 Å². The molecule has 0 fully saturated rings. The highest BCUT2D eigenvalue weighted by Crippen LogP contribution is 2.17. The average Bonchev–Trinajstić information content (AvgIpc) is 2.36. The fourth-order valence-electron chi connectivity index (χ4n) is 1.93. The van der Waals surface area contributed by atoms with Crippen molar-refractivity contribution in [2.75, 3.05) is 0 Å². The van der Waals surface area contributed by atoms with Gasteiger partial charge in [0.2, 0.25) is 5.91 Å². The molecule has 0 bridgehead atoms. The van der Waals surface area contributed by atoms with Crippen LogP contribution in [0.3, 0.4) is 0 Å². The first-order valence-corrected chi connectivity index (χ1v) is 8.32. The van der Waals surface area contributed by atoms with Crippen LogP contribution in [0.1, 0.15) is 80.6 Å². The lowest BCUT2D eigenvalue weighted by Gasteiger charge is -2.24. The quantitative estimate of drug-likeness (QED) is 0.569. The Kier molecular flexibility index (Phi) is 14.2. The van der Waals surface area contributed by atoms with Crippen LogP contribution in [0.5, 0.6) is 0 Å². The van der Waals surface area contributed by atoms with Crippen molar-refractivity contribution in [2.24, 2.45) is 11.8 Å². The van der Waals surface area contributed by atoms with E-state index in [0.717, 1.165) is 12.8 Å². The third-order valence-corrected chi connectivity index (χ3v) is 3.14. The molecule has 0 heterocycles. The van der Waals surface area contributed by atoms with Gasteiger partial charge in [-0.25, -0.2) is 0 Å². The van der Waals surface area contributed by atoms with Gasteiger partial charge in [-0.05, 0) is 31.1 Å². The first-order valence-electron chi connectivity index (χ1n) is 8.32. The zero-order valence-electron chi connectivity index (χ0n) is 14.9. The average molecular weight is 284 g/mol. The van der Waals surface area contributed by atoms with E-state index in [1.807, 2.05) is 13.8 Å². The van der Waals surface area contributed by atoms with Gasteiger partial charge in [0.15, 0.2) is 0 Å². The summed E-state index contributed by atoms with van der Waals surface area (Å²) in [4.78, 5) is 11.8. The molecule has 0 aliphatic carbocycles. The molecule has 120 valence electrons. The summed E-state index contributed by atoms with van der Waals surface area (Å²) in [7, 11) is 0. The summed E-state index contributed by atoms with van der Waals surface area (Å²) in [5, 5.41) is 3.16. The fraction of sp³-hybridized carbons (Fsp3) is 0.833. The minimum Gasteiger partial charge on any atom is -0.353 e. The molecule has 0 rings (SSSR count). The maximum Gasteiger partial charge on any atom is 0.220 e. The third kappa shape index (κ3) is 12.3. The molecule has 0 aliphatic rings. The number of nitrogens with one attached hydrogen (secondary N) is 1. The Labute approximate surface area is 127 Å². The second kappa shape index (κ2) is 13.2. The van der Waals surface area contributed by atoms with Crippen molar-refractivity contribution in [1.29, 1.82) is 0 Å². The van der Waals surface area contributed by atoms with E-state index in [1.165, 1.54) is 18.4 Å². The summed E-state index contributed by atoms with van der Waals surface area (Å²) < 4.78 is 0.